The normalized spacial score (nSPS) is 40.2. The minimum absolute atomic E-state index is 0.0612. The number of carbonyl (C=O) groups is 1. The molecule has 2 heterocycles. The van der Waals surface area contributed by atoms with E-state index in [0.29, 0.717) is 13.0 Å². The lowest BCUT2D eigenvalue weighted by molar-refractivity contribution is -0.283. The molecule has 2 bridgehead atoms. The maximum atomic E-state index is 11.6. The maximum absolute atomic E-state index is 11.6. The average Bonchev–Trinajstić information content (AvgIpc) is 2.42. The number of ketones is 1. The Labute approximate surface area is 84.8 Å². The molecule has 2 saturated heterocycles. The molecule has 0 spiro atoms. The highest BCUT2D eigenvalue weighted by Crippen LogP contribution is 2.47. The van der Waals surface area contributed by atoms with E-state index in [1.54, 1.807) is 6.92 Å². The molecule has 2 rings (SSSR count). The Bertz CT molecular complexity index is 257. The zero-order valence-electron chi connectivity index (χ0n) is 9.13. The van der Waals surface area contributed by atoms with E-state index in [4.69, 9.17) is 9.47 Å². The van der Waals surface area contributed by atoms with Gasteiger partial charge in [0, 0.05) is 11.8 Å². The lowest BCUT2D eigenvalue weighted by atomic mass is 9.77. The van der Waals surface area contributed by atoms with E-state index in [9.17, 15) is 4.79 Å². The van der Waals surface area contributed by atoms with Gasteiger partial charge in [-0.2, -0.15) is 0 Å². The van der Waals surface area contributed by atoms with Gasteiger partial charge in [-0.25, -0.2) is 0 Å². The van der Waals surface area contributed by atoms with Crippen LogP contribution in [0.15, 0.2) is 0 Å². The molecule has 2 unspecified atom stereocenters. The Kier molecular flexibility index (Phi) is 2.20. The highest BCUT2D eigenvalue weighted by atomic mass is 16.7. The van der Waals surface area contributed by atoms with Crippen LogP contribution in [0, 0.1) is 5.41 Å². The topological polar surface area (TPSA) is 35.5 Å². The molecule has 2 fully saturated rings. The number of ether oxygens (including phenoxy) is 2. The van der Waals surface area contributed by atoms with Crippen molar-refractivity contribution in [1.29, 1.82) is 0 Å². The summed E-state index contributed by atoms with van der Waals surface area (Å²) in [6.45, 7) is 6.68. The van der Waals surface area contributed by atoms with Gasteiger partial charge in [0.25, 0.3) is 0 Å². The predicted molar refractivity (Wildman–Crippen MR) is 51.9 cm³/mol. The second-order valence-electron chi connectivity index (χ2n) is 4.54. The van der Waals surface area contributed by atoms with Crippen molar-refractivity contribution in [2.24, 2.45) is 5.41 Å². The van der Waals surface area contributed by atoms with Crippen LogP contribution in [0.1, 0.15) is 40.0 Å². The van der Waals surface area contributed by atoms with Crippen molar-refractivity contribution in [3.8, 4) is 0 Å². The molecule has 0 aromatic heterocycles. The summed E-state index contributed by atoms with van der Waals surface area (Å²) in [5.41, 5.74) is 0.0612. The molecule has 2 aliphatic heterocycles. The second kappa shape index (κ2) is 3.04. The van der Waals surface area contributed by atoms with Crippen LogP contribution in [0.3, 0.4) is 0 Å². The third-order valence-electron chi connectivity index (χ3n) is 3.97. The van der Waals surface area contributed by atoms with Crippen molar-refractivity contribution in [3.05, 3.63) is 0 Å². The monoisotopic (exact) mass is 198 g/mol. The SMILES string of the molecule is CCC1(CC)COC2(C)OC1CC2=O. The lowest BCUT2D eigenvalue weighted by Crippen LogP contribution is -2.49. The summed E-state index contributed by atoms with van der Waals surface area (Å²) >= 11 is 0. The number of hydrogen-bond donors (Lipinski definition) is 0. The average molecular weight is 198 g/mol. The number of carbonyl (C=O) groups excluding carboxylic acids is 1. The molecule has 2 aliphatic rings. The van der Waals surface area contributed by atoms with Crippen LogP contribution >= 0.6 is 0 Å². The first-order chi connectivity index (χ1) is 6.56. The first-order valence-electron chi connectivity index (χ1n) is 5.41. The molecule has 0 aromatic carbocycles. The van der Waals surface area contributed by atoms with Crippen molar-refractivity contribution < 1.29 is 14.3 Å². The number of rotatable bonds is 2. The number of Topliss-reactive ketones (excluding diaryl/α,β-unsaturated/α-hetero) is 1. The highest BCUT2D eigenvalue weighted by Gasteiger charge is 2.57. The van der Waals surface area contributed by atoms with E-state index in [1.165, 1.54) is 0 Å². The Balaban J connectivity index is 2.26. The molecular weight excluding hydrogens is 180 g/mol. The minimum Gasteiger partial charge on any atom is -0.343 e. The van der Waals surface area contributed by atoms with Gasteiger partial charge in [-0.05, 0) is 19.8 Å². The smallest absolute Gasteiger partial charge is 0.226 e. The van der Waals surface area contributed by atoms with Crippen molar-refractivity contribution in [1.82, 2.24) is 0 Å². The quantitative estimate of drug-likeness (QED) is 0.679. The Morgan fingerprint density at radius 1 is 1.43 bits per heavy atom. The third-order valence-corrected chi connectivity index (χ3v) is 3.97. The van der Waals surface area contributed by atoms with E-state index in [1.807, 2.05) is 0 Å². The minimum atomic E-state index is -0.932. The van der Waals surface area contributed by atoms with E-state index in [0.717, 1.165) is 12.8 Å². The summed E-state index contributed by atoms with van der Waals surface area (Å²) in [5, 5.41) is 0. The van der Waals surface area contributed by atoms with E-state index >= 15 is 0 Å². The van der Waals surface area contributed by atoms with Gasteiger partial charge in [-0.3, -0.25) is 4.79 Å². The van der Waals surface area contributed by atoms with Crippen LogP contribution in [0.2, 0.25) is 0 Å². The second-order valence-corrected chi connectivity index (χ2v) is 4.54. The Morgan fingerprint density at radius 2 is 2.07 bits per heavy atom. The van der Waals surface area contributed by atoms with Crippen LogP contribution < -0.4 is 0 Å². The van der Waals surface area contributed by atoms with Gasteiger partial charge in [0.2, 0.25) is 5.79 Å². The fraction of sp³-hybridized carbons (Fsp3) is 0.909. The molecule has 3 heteroatoms. The van der Waals surface area contributed by atoms with Gasteiger partial charge >= 0.3 is 0 Å². The van der Waals surface area contributed by atoms with Crippen molar-refractivity contribution >= 4 is 5.78 Å². The van der Waals surface area contributed by atoms with E-state index in [-0.39, 0.29) is 17.3 Å². The van der Waals surface area contributed by atoms with Crippen molar-refractivity contribution in [2.75, 3.05) is 6.61 Å². The van der Waals surface area contributed by atoms with Crippen LogP contribution in [-0.2, 0) is 14.3 Å². The fourth-order valence-electron chi connectivity index (χ4n) is 2.47. The molecule has 0 aliphatic carbocycles. The van der Waals surface area contributed by atoms with Crippen LogP contribution in [0.4, 0.5) is 0 Å². The van der Waals surface area contributed by atoms with Crippen LogP contribution in [-0.4, -0.2) is 24.3 Å². The molecule has 80 valence electrons. The summed E-state index contributed by atoms with van der Waals surface area (Å²) in [7, 11) is 0. The van der Waals surface area contributed by atoms with Crippen LogP contribution in [0.25, 0.3) is 0 Å². The molecule has 3 nitrogen and oxygen atoms in total. The van der Waals surface area contributed by atoms with Gasteiger partial charge in [0.1, 0.15) is 0 Å². The largest absolute Gasteiger partial charge is 0.343 e. The molecule has 0 amide bonds. The fourth-order valence-corrected chi connectivity index (χ4v) is 2.47. The standard InChI is InChI=1S/C11H18O3/c1-4-11(5-2)7-13-10(3)8(12)6-9(11)14-10/h9H,4-7H2,1-3H3. The number of hydrogen-bond acceptors (Lipinski definition) is 3. The summed E-state index contributed by atoms with van der Waals surface area (Å²) < 4.78 is 11.3. The zero-order chi connectivity index (χ0) is 10.4. The van der Waals surface area contributed by atoms with E-state index < -0.39 is 5.79 Å². The summed E-state index contributed by atoms with van der Waals surface area (Å²) in [6, 6.07) is 0. The van der Waals surface area contributed by atoms with Gasteiger partial charge in [-0.1, -0.05) is 13.8 Å². The molecule has 0 aromatic rings. The maximum Gasteiger partial charge on any atom is 0.226 e. The molecular formula is C11H18O3. The van der Waals surface area contributed by atoms with Gasteiger partial charge in [0.15, 0.2) is 5.78 Å². The van der Waals surface area contributed by atoms with Crippen LogP contribution in [0.5, 0.6) is 0 Å². The van der Waals surface area contributed by atoms with Gasteiger partial charge < -0.3 is 9.47 Å². The molecule has 0 N–H and O–H groups in total. The Morgan fingerprint density at radius 3 is 2.64 bits per heavy atom. The number of fused-ring (bicyclic) bond motifs is 2. The van der Waals surface area contributed by atoms with Gasteiger partial charge in [0.05, 0.1) is 12.7 Å². The molecule has 0 radical (unpaired) electrons. The summed E-state index contributed by atoms with van der Waals surface area (Å²) in [6.07, 6.45) is 2.62. The molecule has 0 saturated carbocycles. The summed E-state index contributed by atoms with van der Waals surface area (Å²) in [5.74, 6) is -0.829. The summed E-state index contributed by atoms with van der Waals surface area (Å²) in [4.78, 5) is 11.6. The predicted octanol–water partition coefficient (Wildman–Crippen LogP) is 1.90. The third kappa shape index (κ3) is 1.15. The molecule has 14 heavy (non-hydrogen) atoms. The van der Waals surface area contributed by atoms with E-state index in [2.05, 4.69) is 13.8 Å². The van der Waals surface area contributed by atoms with Crippen molar-refractivity contribution in [2.45, 2.75) is 51.9 Å². The first-order valence-corrected chi connectivity index (χ1v) is 5.41. The zero-order valence-corrected chi connectivity index (χ0v) is 9.13. The lowest BCUT2D eigenvalue weighted by Gasteiger charge is -2.43. The first kappa shape index (κ1) is 10.1. The highest BCUT2D eigenvalue weighted by molar-refractivity contribution is 5.88. The van der Waals surface area contributed by atoms with Gasteiger partial charge in [-0.15, -0.1) is 0 Å². The van der Waals surface area contributed by atoms with Crippen molar-refractivity contribution in [3.63, 3.8) is 0 Å². The Hall–Kier alpha value is -0.410. The molecule has 2 atom stereocenters.